The number of hydrogen-bond acceptors (Lipinski definition) is 4. The molecule has 0 amide bonds. The standard InChI is InChI=1S/C10H14Cl2O4/c1-3-7(9(13)15-4-2)8(5-11)10(14)16-6-12/h3-6H2,1-2H3/b8-7-. The van der Waals surface area contributed by atoms with Crippen LogP contribution in [-0.2, 0) is 19.1 Å². The van der Waals surface area contributed by atoms with Gasteiger partial charge >= 0.3 is 11.9 Å². The molecule has 0 aromatic heterocycles. The maximum absolute atomic E-state index is 11.5. The highest BCUT2D eigenvalue weighted by Gasteiger charge is 2.20. The molecule has 4 nitrogen and oxygen atoms in total. The largest absolute Gasteiger partial charge is 0.463 e. The third-order valence-corrected chi connectivity index (χ3v) is 2.18. The number of rotatable bonds is 6. The zero-order chi connectivity index (χ0) is 12.6. The second-order valence-corrected chi connectivity index (χ2v) is 3.19. The quantitative estimate of drug-likeness (QED) is 0.421. The van der Waals surface area contributed by atoms with Gasteiger partial charge in [-0.2, -0.15) is 0 Å². The summed E-state index contributed by atoms with van der Waals surface area (Å²) >= 11 is 10.9. The molecular formula is C10H14Cl2O4. The predicted molar refractivity (Wildman–Crippen MR) is 61.5 cm³/mol. The molecule has 0 aromatic rings. The molecule has 6 heteroatoms. The van der Waals surface area contributed by atoms with Gasteiger partial charge in [0.25, 0.3) is 0 Å². The Morgan fingerprint density at radius 2 is 1.56 bits per heavy atom. The van der Waals surface area contributed by atoms with Gasteiger partial charge in [0.2, 0.25) is 0 Å². The maximum Gasteiger partial charge on any atom is 0.336 e. The Bertz CT molecular complexity index is 259. The molecule has 0 aliphatic heterocycles. The Labute approximate surface area is 104 Å². The van der Waals surface area contributed by atoms with E-state index in [1.54, 1.807) is 13.8 Å². The molecule has 0 aliphatic carbocycles. The van der Waals surface area contributed by atoms with E-state index in [1.807, 2.05) is 0 Å². The Balaban J connectivity index is 5.04. The molecular weight excluding hydrogens is 255 g/mol. The van der Waals surface area contributed by atoms with Crippen molar-refractivity contribution in [1.29, 1.82) is 0 Å². The van der Waals surface area contributed by atoms with Crippen LogP contribution >= 0.6 is 23.2 Å². The lowest BCUT2D eigenvalue weighted by atomic mass is 10.1. The molecule has 0 bridgehead atoms. The molecule has 16 heavy (non-hydrogen) atoms. The summed E-state index contributed by atoms with van der Waals surface area (Å²) < 4.78 is 9.39. The Morgan fingerprint density at radius 1 is 1.00 bits per heavy atom. The monoisotopic (exact) mass is 268 g/mol. The first kappa shape index (κ1) is 15.3. The van der Waals surface area contributed by atoms with Crippen molar-refractivity contribution in [1.82, 2.24) is 0 Å². The van der Waals surface area contributed by atoms with E-state index >= 15 is 0 Å². The summed E-state index contributed by atoms with van der Waals surface area (Å²) in [5.74, 6) is -1.35. The summed E-state index contributed by atoms with van der Waals surface area (Å²) in [6, 6.07) is -0.279. The van der Waals surface area contributed by atoms with E-state index in [0.717, 1.165) is 0 Å². The topological polar surface area (TPSA) is 52.6 Å². The van der Waals surface area contributed by atoms with Gasteiger partial charge in [0.15, 0.2) is 6.07 Å². The second-order valence-electron chi connectivity index (χ2n) is 2.71. The van der Waals surface area contributed by atoms with Crippen molar-refractivity contribution >= 4 is 35.1 Å². The molecule has 0 unspecified atom stereocenters. The number of ether oxygens (including phenoxy) is 2. The van der Waals surface area contributed by atoms with E-state index < -0.39 is 11.9 Å². The highest BCUT2D eigenvalue weighted by atomic mass is 35.5. The van der Waals surface area contributed by atoms with Crippen molar-refractivity contribution in [2.24, 2.45) is 0 Å². The predicted octanol–water partition coefficient (Wildman–Crippen LogP) is 2.23. The van der Waals surface area contributed by atoms with E-state index in [2.05, 4.69) is 4.74 Å². The number of carbonyl (C=O) groups excluding carboxylic acids is 2. The van der Waals surface area contributed by atoms with Crippen LogP contribution < -0.4 is 0 Å². The average molecular weight is 269 g/mol. The van der Waals surface area contributed by atoms with Gasteiger partial charge < -0.3 is 9.47 Å². The zero-order valence-electron chi connectivity index (χ0n) is 9.22. The van der Waals surface area contributed by atoms with Crippen LogP contribution in [0.4, 0.5) is 0 Å². The fourth-order valence-corrected chi connectivity index (χ4v) is 1.46. The molecule has 0 saturated heterocycles. The van der Waals surface area contributed by atoms with E-state index in [4.69, 9.17) is 27.9 Å². The summed E-state index contributed by atoms with van der Waals surface area (Å²) in [6.07, 6.45) is 0.346. The molecule has 0 aliphatic rings. The van der Waals surface area contributed by atoms with E-state index in [9.17, 15) is 9.59 Å². The van der Waals surface area contributed by atoms with Crippen LogP contribution in [0.3, 0.4) is 0 Å². The summed E-state index contributed by atoms with van der Waals surface area (Å²) in [6.45, 7) is 3.65. The lowest BCUT2D eigenvalue weighted by Crippen LogP contribution is -2.17. The number of esters is 2. The number of alkyl halides is 2. The lowest BCUT2D eigenvalue weighted by molar-refractivity contribution is -0.141. The Hall–Kier alpha value is -0.740. The van der Waals surface area contributed by atoms with Crippen molar-refractivity contribution in [3.8, 4) is 0 Å². The van der Waals surface area contributed by atoms with Gasteiger partial charge in [0.05, 0.1) is 18.1 Å². The van der Waals surface area contributed by atoms with Crippen LogP contribution in [0.1, 0.15) is 20.3 Å². The minimum Gasteiger partial charge on any atom is -0.463 e. The minimum atomic E-state index is -0.685. The second kappa shape index (κ2) is 8.42. The van der Waals surface area contributed by atoms with Gasteiger partial charge in [0, 0.05) is 5.57 Å². The fourth-order valence-electron chi connectivity index (χ4n) is 1.09. The molecule has 0 aromatic carbocycles. The summed E-state index contributed by atoms with van der Waals surface area (Å²) in [4.78, 5) is 22.9. The molecule has 0 atom stereocenters. The lowest BCUT2D eigenvalue weighted by Gasteiger charge is -2.09. The van der Waals surface area contributed by atoms with Gasteiger partial charge in [-0.1, -0.05) is 18.5 Å². The highest BCUT2D eigenvalue weighted by molar-refractivity contribution is 6.23. The number of hydrogen-bond donors (Lipinski definition) is 0. The van der Waals surface area contributed by atoms with Gasteiger partial charge in [-0.25, -0.2) is 9.59 Å². The average Bonchev–Trinajstić information content (AvgIpc) is 2.25. The molecule has 92 valence electrons. The molecule has 0 saturated carbocycles. The van der Waals surface area contributed by atoms with Gasteiger partial charge in [-0.05, 0) is 13.3 Å². The van der Waals surface area contributed by atoms with Gasteiger partial charge in [-0.3, -0.25) is 0 Å². The summed E-state index contributed by atoms with van der Waals surface area (Å²) in [7, 11) is 0. The normalized spacial score (nSPS) is 11.8. The first-order chi connectivity index (χ1) is 7.62. The van der Waals surface area contributed by atoms with Crippen molar-refractivity contribution in [2.45, 2.75) is 20.3 Å². The number of halogens is 2. The molecule has 0 heterocycles. The summed E-state index contributed by atoms with van der Waals surface area (Å²) in [5.41, 5.74) is 0.329. The molecule has 0 spiro atoms. The van der Waals surface area contributed by atoms with E-state index in [0.29, 0.717) is 6.42 Å². The van der Waals surface area contributed by atoms with Crippen LogP contribution in [0, 0.1) is 0 Å². The van der Waals surface area contributed by atoms with Crippen LogP contribution in [-0.4, -0.2) is 30.5 Å². The first-order valence-corrected chi connectivity index (χ1v) is 5.87. The van der Waals surface area contributed by atoms with Crippen LogP contribution in [0.25, 0.3) is 0 Å². The Kier molecular flexibility index (Phi) is 8.03. The summed E-state index contributed by atoms with van der Waals surface area (Å²) in [5, 5.41) is 0. The molecule has 0 rings (SSSR count). The van der Waals surface area contributed by atoms with Crippen LogP contribution in [0.2, 0.25) is 0 Å². The van der Waals surface area contributed by atoms with E-state index in [-0.39, 0.29) is 29.7 Å². The van der Waals surface area contributed by atoms with Gasteiger partial charge in [0.1, 0.15) is 0 Å². The third kappa shape index (κ3) is 4.41. The van der Waals surface area contributed by atoms with Crippen molar-refractivity contribution in [2.75, 3.05) is 18.6 Å². The third-order valence-electron chi connectivity index (χ3n) is 1.81. The van der Waals surface area contributed by atoms with Crippen molar-refractivity contribution in [3.63, 3.8) is 0 Å². The minimum absolute atomic E-state index is 0.100. The van der Waals surface area contributed by atoms with Crippen molar-refractivity contribution < 1.29 is 19.1 Å². The smallest absolute Gasteiger partial charge is 0.336 e. The fraction of sp³-hybridized carbons (Fsp3) is 0.600. The van der Waals surface area contributed by atoms with Crippen molar-refractivity contribution in [3.05, 3.63) is 11.1 Å². The van der Waals surface area contributed by atoms with Crippen LogP contribution in [0.5, 0.6) is 0 Å². The highest BCUT2D eigenvalue weighted by Crippen LogP contribution is 2.14. The first-order valence-electron chi connectivity index (χ1n) is 4.80. The molecule has 0 radical (unpaired) electrons. The Morgan fingerprint density at radius 3 is 1.94 bits per heavy atom. The van der Waals surface area contributed by atoms with E-state index in [1.165, 1.54) is 0 Å². The SMILES string of the molecule is CCOC(=O)/C(CC)=C(/CCl)C(=O)OCCl. The molecule has 0 N–H and O–H groups in total. The zero-order valence-corrected chi connectivity index (χ0v) is 10.7. The number of carbonyl (C=O) groups is 2. The van der Waals surface area contributed by atoms with Crippen LogP contribution in [0.15, 0.2) is 11.1 Å². The maximum atomic E-state index is 11.5. The van der Waals surface area contributed by atoms with Gasteiger partial charge in [-0.15, -0.1) is 11.6 Å². The molecule has 0 fully saturated rings.